The van der Waals surface area contributed by atoms with Crippen LogP contribution in [0, 0.1) is 12.3 Å². The smallest absolute Gasteiger partial charge is 0.0625 e. The molecule has 0 aromatic carbocycles. The van der Waals surface area contributed by atoms with E-state index in [0.717, 1.165) is 13.0 Å². The van der Waals surface area contributed by atoms with Crippen molar-refractivity contribution in [1.29, 1.82) is 0 Å². The maximum absolute atomic E-state index is 4.43. The van der Waals surface area contributed by atoms with Crippen molar-refractivity contribution in [2.75, 3.05) is 0 Å². The second-order valence-corrected chi connectivity index (χ2v) is 4.83. The van der Waals surface area contributed by atoms with Gasteiger partial charge < -0.3 is 0 Å². The lowest BCUT2D eigenvalue weighted by Crippen LogP contribution is -2.09. The first-order valence-electron chi connectivity index (χ1n) is 4.95. The molecule has 0 atom stereocenters. The first-order valence-corrected chi connectivity index (χ1v) is 4.95. The molecule has 1 heterocycles. The van der Waals surface area contributed by atoms with Crippen molar-refractivity contribution in [3.05, 3.63) is 17.5 Å². The van der Waals surface area contributed by atoms with Crippen LogP contribution in [-0.4, -0.2) is 9.78 Å². The average molecular weight is 180 g/mol. The topological polar surface area (TPSA) is 17.8 Å². The lowest BCUT2D eigenvalue weighted by atomic mass is 9.88. The molecular formula is C11H20N2. The molecule has 0 spiro atoms. The van der Waals surface area contributed by atoms with Gasteiger partial charge in [0.2, 0.25) is 0 Å². The monoisotopic (exact) mass is 180 g/mol. The highest BCUT2D eigenvalue weighted by Gasteiger charge is 2.14. The largest absolute Gasteiger partial charge is 0.272 e. The highest BCUT2D eigenvalue weighted by Crippen LogP contribution is 2.21. The van der Waals surface area contributed by atoms with Gasteiger partial charge in [0.1, 0.15) is 0 Å². The molecule has 0 radical (unpaired) electrons. The third-order valence-corrected chi connectivity index (χ3v) is 2.09. The Morgan fingerprint density at radius 2 is 2.00 bits per heavy atom. The second kappa shape index (κ2) is 3.52. The Morgan fingerprint density at radius 3 is 2.38 bits per heavy atom. The van der Waals surface area contributed by atoms with Gasteiger partial charge in [0.05, 0.1) is 5.69 Å². The summed E-state index contributed by atoms with van der Waals surface area (Å²) < 4.78 is 2.01. The van der Waals surface area contributed by atoms with Gasteiger partial charge in [-0.1, -0.05) is 20.8 Å². The number of aromatic nitrogens is 2. The normalized spacial score (nSPS) is 12.1. The highest BCUT2D eigenvalue weighted by molar-refractivity contribution is 5.16. The number of aryl methyl sites for hydroxylation is 2. The van der Waals surface area contributed by atoms with Crippen molar-refractivity contribution in [3.8, 4) is 0 Å². The fourth-order valence-electron chi connectivity index (χ4n) is 1.47. The summed E-state index contributed by atoms with van der Waals surface area (Å²) in [4.78, 5) is 0. The van der Waals surface area contributed by atoms with Crippen LogP contribution in [0.4, 0.5) is 0 Å². The Bertz CT molecular complexity index is 279. The molecular weight excluding hydrogens is 160 g/mol. The predicted molar refractivity (Wildman–Crippen MR) is 55.8 cm³/mol. The molecule has 0 aliphatic carbocycles. The summed E-state index contributed by atoms with van der Waals surface area (Å²) >= 11 is 0. The van der Waals surface area contributed by atoms with Crippen LogP contribution >= 0.6 is 0 Å². The van der Waals surface area contributed by atoms with Gasteiger partial charge in [-0.25, -0.2) is 0 Å². The molecule has 0 N–H and O–H groups in total. The predicted octanol–water partition coefficient (Wildman–Crippen LogP) is 2.80. The van der Waals surface area contributed by atoms with Crippen molar-refractivity contribution >= 4 is 0 Å². The first kappa shape index (κ1) is 10.3. The molecule has 1 rings (SSSR count). The summed E-state index contributed by atoms with van der Waals surface area (Å²) in [6.45, 7) is 12.0. The van der Waals surface area contributed by atoms with Crippen LogP contribution in [0.25, 0.3) is 0 Å². The van der Waals surface area contributed by atoms with Crippen LogP contribution in [0.15, 0.2) is 6.20 Å². The minimum absolute atomic E-state index is 0.354. The zero-order valence-electron chi connectivity index (χ0n) is 9.39. The number of hydrogen-bond donors (Lipinski definition) is 0. The summed E-state index contributed by atoms with van der Waals surface area (Å²) in [5, 5.41) is 4.43. The summed E-state index contributed by atoms with van der Waals surface area (Å²) in [5.41, 5.74) is 2.91. The van der Waals surface area contributed by atoms with E-state index >= 15 is 0 Å². The Hall–Kier alpha value is -0.790. The molecule has 0 aliphatic heterocycles. The van der Waals surface area contributed by atoms with Crippen molar-refractivity contribution < 1.29 is 0 Å². The number of hydrogen-bond acceptors (Lipinski definition) is 1. The molecule has 1 aromatic rings. The second-order valence-electron chi connectivity index (χ2n) is 4.83. The third-order valence-electron chi connectivity index (χ3n) is 2.09. The molecule has 0 saturated heterocycles. The maximum Gasteiger partial charge on any atom is 0.0625 e. The van der Waals surface area contributed by atoms with E-state index in [2.05, 4.69) is 45.9 Å². The van der Waals surface area contributed by atoms with E-state index in [9.17, 15) is 0 Å². The lowest BCUT2D eigenvalue weighted by Gasteiger charge is -2.16. The first-order chi connectivity index (χ1) is 5.92. The molecule has 0 fully saturated rings. The minimum Gasteiger partial charge on any atom is -0.272 e. The van der Waals surface area contributed by atoms with E-state index < -0.39 is 0 Å². The number of rotatable bonds is 2. The Labute approximate surface area is 81.0 Å². The summed E-state index contributed by atoms with van der Waals surface area (Å²) in [7, 11) is 0. The van der Waals surface area contributed by atoms with E-state index in [1.807, 2.05) is 4.68 Å². The molecule has 0 saturated carbocycles. The van der Waals surface area contributed by atoms with Crippen LogP contribution in [0.5, 0.6) is 0 Å². The average Bonchev–Trinajstić information content (AvgIpc) is 2.29. The van der Waals surface area contributed by atoms with E-state index in [4.69, 9.17) is 0 Å². The molecule has 0 amide bonds. The van der Waals surface area contributed by atoms with Gasteiger partial charge in [0.15, 0.2) is 0 Å². The van der Waals surface area contributed by atoms with Gasteiger partial charge in [-0.2, -0.15) is 5.10 Å². The molecule has 2 nitrogen and oxygen atoms in total. The summed E-state index contributed by atoms with van der Waals surface area (Å²) in [6, 6.07) is 0. The molecule has 74 valence electrons. The zero-order valence-corrected chi connectivity index (χ0v) is 9.39. The van der Waals surface area contributed by atoms with Gasteiger partial charge in [0.25, 0.3) is 0 Å². The lowest BCUT2D eigenvalue weighted by molar-refractivity contribution is 0.410. The minimum atomic E-state index is 0.354. The van der Waals surface area contributed by atoms with E-state index in [0.29, 0.717) is 5.41 Å². The van der Waals surface area contributed by atoms with Gasteiger partial charge in [-0.05, 0) is 31.2 Å². The van der Waals surface area contributed by atoms with Crippen molar-refractivity contribution in [3.63, 3.8) is 0 Å². The van der Waals surface area contributed by atoms with Crippen LogP contribution in [0.3, 0.4) is 0 Å². The molecule has 1 aromatic heterocycles. The third kappa shape index (κ3) is 2.87. The maximum atomic E-state index is 4.43. The van der Waals surface area contributed by atoms with Crippen LogP contribution in [0.2, 0.25) is 0 Å². The fraction of sp³-hybridized carbons (Fsp3) is 0.727. The van der Waals surface area contributed by atoms with Crippen LogP contribution in [0.1, 0.15) is 39.0 Å². The van der Waals surface area contributed by atoms with Gasteiger partial charge in [-0.15, -0.1) is 0 Å². The van der Waals surface area contributed by atoms with Gasteiger partial charge in [-0.3, -0.25) is 4.68 Å². The molecule has 13 heavy (non-hydrogen) atoms. The standard InChI is InChI=1S/C11H20N2/c1-6-13-8-10(9(2)12-13)7-11(3,4)5/h8H,6-7H2,1-5H3. The van der Waals surface area contributed by atoms with Crippen molar-refractivity contribution in [1.82, 2.24) is 9.78 Å². The van der Waals surface area contributed by atoms with Crippen LogP contribution < -0.4 is 0 Å². The zero-order chi connectivity index (χ0) is 10.1. The number of nitrogens with zero attached hydrogens (tertiary/aromatic N) is 2. The van der Waals surface area contributed by atoms with E-state index in [1.54, 1.807) is 0 Å². The molecule has 2 heteroatoms. The van der Waals surface area contributed by atoms with Crippen molar-refractivity contribution in [2.45, 2.75) is 47.6 Å². The van der Waals surface area contributed by atoms with E-state index in [1.165, 1.54) is 11.3 Å². The molecule has 0 bridgehead atoms. The Kier molecular flexibility index (Phi) is 2.79. The van der Waals surface area contributed by atoms with Crippen molar-refractivity contribution in [2.24, 2.45) is 5.41 Å². The quantitative estimate of drug-likeness (QED) is 0.684. The highest BCUT2D eigenvalue weighted by atomic mass is 15.3. The van der Waals surface area contributed by atoms with E-state index in [-0.39, 0.29) is 0 Å². The fourth-order valence-corrected chi connectivity index (χ4v) is 1.47. The molecule has 0 unspecified atom stereocenters. The SMILES string of the molecule is CCn1cc(CC(C)(C)C)c(C)n1. The summed E-state index contributed by atoms with van der Waals surface area (Å²) in [6.07, 6.45) is 3.28. The molecule has 0 aliphatic rings. The summed E-state index contributed by atoms with van der Waals surface area (Å²) in [5.74, 6) is 0. The van der Waals surface area contributed by atoms with Gasteiger partial charge in [0, 0.05) is 12.7 Å². The Balaban J connectivity index is 2.83. The van der Waals surface area contributed by atoms with Crippen LogP contribution in [-0.2, 0) is 13.0 Å². The van der Waals surface area contributed by atoms with Gasteiger partial charge >= 0.3 is 0 Å². The Morgan fingerprint density at radius 1 is 1.38 bits per heavy atom.